The van der Waals surface area contributed by atoms with Gasteiger partial charge in [0.15, 0.2) is 0 Å². The normalized spacial score (nSPS) is 24.8. The van der Waals surface area contributed by atoms with Gasteiger partial charge < -0.3 is 15.4 Å². The average Bonchev–Trinajstić information content (AvgIpc) is 2.61. The third-order valence-corrected chi connectivity index (χ3v) is 5.67. The maximum Gasteiger partial charge on any atom is 0.253 e. The molecule has 1 amide bonds. The van der Waals surface area contributed by atoms with Gasteiger partial charge in [-0.2, -0.15) is 0 Å². The molecule has 0 bridgehead atoms. The molecule has 0 aliphatic carbocycles. The standard InChI is InChI=1S/C21H33N3O2.2ClH/c1-15-12-23(13-16(2)26-15)14-18-4-6-20(7-5-18)21(25)24-10-8-19(9-11-24)17(3)22;;/h4-7,15-17,19H,8-14,22H2,1-3H3;2*1H. The topological polar surface area (TPSA) is 58.8 Å². The monoisotopic (exact) mass is 431 g/mol. The van der Waals surface area contributed by atoms with Gasteiger partial charge in [0.25, 0.3) is 5.91 Å². The van der Waals surface area contributed by atoms with Crippen LogP contribution >= 0.6 is 24.8 Å². The van der Waals surface area contributed by atoms with E-state index in [1.165, 1.54) is 5.56 Å². The zero-order chi connectivity index (χ0) is 18.7. The molecule has 0 radical (unpaired) electrons. The summed E-state index contributed by atoms with van der Waals surface area (Å²) >= 11 is 0. The molecule has 7 heteroatoms. The molecule has 1 aromatic carbocycles. The zero-order valence-electron chi connectivity index (χ0n) is 17.2. The second kappa shape index (κ2) is 11.4. The Labute approximate surface area is 181 Å². The molecule has 0 saturated carbocycles. The Morgan fingerprint density at radius 2 is 1.64 bits per heavy atom. The summed E-state index contributed by atoms with van der Waals surface area (Å²) in [5, 5.41) is 0. The van der Waals surface area contributed by atoms with Crippen molar-refractivity contribution in [1.29, 1.82) is 0 Å². The smallest absolute Gasteiger partial charge is 0.253 e. The van der Waals surface area contributed by atoms with Crippen LogP contribution in [0.3, 0.4) is 0 Å². The van der Waals surface area contributed by atoms with Crippen molar-refractivity contribution in [3.8, 4) is 0 Å². The number of carbonyl (C=O) groups excluding carboxylic acids is 1. The first-order valence-electron chi connectivity index (χ1n) is 9.94. The SMILES string of the molecule is CC1CN(Cc2ccc(C(=O)N3CCC(C(C)N)CC3)cc2)CC(C)O1.Cl.Cl. The van der Waals surface area contributed by atoms with Crippen LogP contribution in [0.5, 0.6) is 0 Å². The van der Waals surface area contributed by atoms with Gasteiger partial charge in [-0.25, -0.2) is 0 Å². The molecule has 160 valence electrons. The van der Waals surface area contributed by atoms with Gasteiger partial charge in [0.05, 0.1) is 12.2 Å². The lowest BCUT2D eigenvalue weighted by Gasteiger charge is -2.35. The van der Waals surface area contributed by atoms with Crippen LogP contribution in [0.15, 0.2) is 24.3 Å². The fourth-order valence-corrected chi connectivity index (χ4v) is 4.24. The lowest BCUT2D eigenvalue weighted by atomic mass is 9.90. The van der Waals surface area contributed by atoms with Crippen molar-refractivity contribution in [3.63, 3.8) is 0 Å². The molecule has 3 atom stereocenters. The number of carbonyl (C=O) groups is 1. The highest BCUT2D eigenvalue weighted by molar-refractivity contribution is 5.94. The fraction of sp³-hybridized carbons (Fsp3) is 0.667. The number of ether oxygens (including phenoxy) is 1. The van der Waals surface area contributed by atoms with Crippen LogP contribution in [0.1, 0.15) is 49.5 Å². The van der Waals surface area contributed by atoms with Crippen molar-refractivity contribution >= 4 is 30.7 Å². The minimum absolute atomic E-state index is 0. The first kappa shape index (κ1) is 25.2. The number of likely N-dealkylation sites (tertiary alicyclic amines) is 1. The molecule has 28 heavy (non-hydrogen) atoms. The average molecular weight is 432 g/mol. The Morgan fingerprint density at radius 3 is 2.14 bits per heavy atom. The Balaban J connectivity index is 0.00000196. The molecule has 3 rings (SSSR count). The number of amides is 1. The maximum absolute atomic E-state index is 12.7. The van der Waals surface area contributed by atoms with Crippen LogP contribution in [0.2, 0.25) is 0 Å². The number of halogens is 2. The van der Waals surface area contributed by atoms with E-state index in [-0.39, 0.29) is 49.0 Å². The quantitative estimate of drug-likeness (QED) is 0.793. The Kier molecular flexibility index (Phi) is 10.2. The Hall–Kier alpha value is -0.850. The van der Waals surface area contributed by atoms with E-state index >= 15 is 0 Å². The summed E-state index contributed by atoms with van der Waals surface area (Å²) in [5.41, 5.74) is 8.03. The summed E-state index contributed by atoms with van der Waals surface area (Å²) in [6, 6.07) is 8.35. The van der Waals surface area contributed by atoms with Gasteiger partial charge in [0.2, 0.25) is 0 Å². The molecule has 5 nitrogen and oxygen atoms in total. The van der Waals surface area contributed by atoms with E-state index in [1.807, 2.05) is 17.0 Å². The van der Waals surface area contributed by atoms with Crippen LogP contribution in [-0.2, 0) is 11.3 Å². The summed E-state index contributed by atoms with van der Waals surface area (Å²) in [6.07, 6.45) is 2.57. The van der Waals surface area contributed by atoms with E-state index in [0.29, 0.717) is 5.92 Å². The predicted molar refractivity (Wildman–Crippen MR) is 119 cm³/mol. The van der Waals surface area contributed by atoms with Crippen LogP contribution in [-0.4, -0.2) is 60.1 Å². The van der Waals surface area contributed by atoms with Gasteiger partial charge in [-0.15, -0.1) is 24.8 Å². The summed E-state index contributed by atoms with van der Waals surface area (Å²) in [4.78, 5) is 17.1. The van der Waals surface area contributed by atoms with Crippen molar-refractivity contribution < 1.29 is 9.53 Å². The van der Waals surface area contributed by atoms with Crippen molar-refractivity contribution in [2.75, 3.05) is 26.2 Å². The summed E-state index contributed by atoms with van der Waals surface area (Å²) in [7, 11) is 0. The molecule has 2 aliphatic heterocycles. The third kappa shape index (κ3) is 6.60. The summed E-state index contributed by atoms with van der Waals surface area (Å²) < 4.78 is 5.79. The van der Waals surface area contributed by atoms with Gasteiger partial charge in [0, 0.05) is 44.3 Å². The molecule has 2 heterocycles. The van der Waals surface area contributed by atoms with Gasteiger partial charge >= 0.3 is 0 Å². The van der Waals surface area contributed by atoms with Gasteiger partial charge in [-0.05, 0) is 57.2 Å². The number of nitrogens with zero attached hydrogens (tertiary/aromatic N) is 2. The lowest BCUT2D eigenvalue weighted by molar-refractivity contribution is -0.0704. The van der Waals surface area contributed by atoms with Crippen LogP contribution in [0.4, 0.5) is 0 Å². The van der Waals surface area contributed by atoms with E-state index in [9.17, 15) is 4.79 Å². The van der Waals surface area contributed by atoms with Gasteiger partial charge in [-0.3, -0.25) is 9.69 Å². The van der Waals surface area contributed by atoms with E-state index in [2.05, 4.69) is 37.8 Å². The number of morpholine rings is 1. The van der Waals surface area contributed by atoms with Crippen molar-refractivity contribution in [1.82, 2.24) is 9.80 Å². The first-order valence-corrected chi connectivity index (χ1v) is 9.94. The number of hydrogen-bond donors (Lipinski definition) is 1. The number of rotatable bonds is 4. The lowest BCUT2D eigenvalue weighted by Crippen LogP contribution is -2.44. The maximum atomic E-state index is 12.7. The molecule has 2 saturated heterocycles. The summed E-state index contributed by atoms with van der Waals surface area (Å²) in [6.45, 7) is 10.8. The number of piperidine rings is 1. The minimum Gasteiger partial charge on any atom is -0.373 e. The number of nitrogens with two attached hydrogens (primary N) is 1. The molecule has 0 aromatic heterocycles. The number of hydrogen-bond acceptors (Lipinski definition) is 4. The Morgan fingerprint density at radius 1 is 1.11 bits per heavy atom. The van der Waals surface area contributed by atoms with Crippen LogP contribution in [0, 0.1) is 5.92 Å². The van der Waals surface area contributed by atoms with E-state index in [4.69, 9.17) is 10.5 Å². The van der Waals surface area contributed by atoms with Crippen LogP contribution < -0.4 is 5.73 Å². The van der Waals surface area contributed by atoms with Gasteiger partial charge in [-0.1, -0.05) is 12.1 Å². The minimum atomic E-state index is 0. The van der Waals surface area contributed by atoms with E-state index in [1.54, 1.807) is 0 Å². The summed E-state index contributed by atoms with van der Waals surface area (Å²) in [5.74, 6) is 0.688. The first-order chi connectivity index (χ1) is 12.4. The van der Waals surface area contributed by atoms with E-state index in [0.717, 1.165) is 51.1 Å². The van der Waals surface area contributed by atoms with Crippen molar-refractivity contribution in [2.45, 2.75) is 58.4 Å². The van der Waals surface area contributed by atoms with Crippen molar-refractivity contribution in [2.24, 2.45) is 11.7 Å². The molecule has 0 spiro atoms. The molecular weight excluding hydrogens is 397 g/mol. The molecular formula is C21H35Cl2N3O2. The predicted octanol–water partition coefficient (Wildman–Crippen LogP) is 3.34. The van der Waals surface area contributed by atoms with Gasteiger partial charge in [0.1, 0.15) is 0 Å². The van der Waals surface area contributed by atoms with Crippen molar-refractivity contribution in [3.05, 3.63) is 35.4 Å². The molecule has 2 fully saturated rings. The third-order valence-electron chi connectivity index (χ3n) is 5.67. The second-order valence-electron chi connectivity index (χ2n) is 8.14. The highest BCUT2D eigenvalue weighted by Gasteiger charge is 2.26. The van der Waals surface area contributed by atoms with E-state index < -0.39 is 0 Å². The fourth-order valence-electron chi connectivity index (χ4n) is 4.24. The number of benzene rings is 1. The highest BCUT2D eigenvalue weighted by Crippen LogP contribution is 2.21. The zero-order valence-corrected chi connectivity index (χ0v) is 18.8. The highest BCUT2D eigenvalue weighted by atomic mass is 35.5. The molecule has 3 unspecified atom stereocenters. The molecule has 2 aliphatic rings. The second-order valence-corrected chi connectivity index (χ2v) is 8.14. The molecule has 2 N–H and O–H groups in total. The molecule has 1 aromatic rings. The van der Waals surface area contributed by atoms with Crippen LogP contribution in [0.25, 0.3) is 0 Å². The Bertz CT molecular complexity index is 594. The largest absolute Gasteiger partial charge is 0.373 e.